The van der Waals surface area contributed by atoms with Crippen molar-refractivity contribution in [2.24, 2.45) is 5.92 Å². The summed E-state index contributed by atoms with van der Waals surface area (Å²) in [7, 11) is 0. The number of nitrogens with one attached hydrogen (secondary N) is 1. The molecule has 0 radical (unpaired) electrons. The third-order valence-electron chi connectivity index (χ3n) is 3.44. The minimum atomic E-state index is 0.313. The topological polar surface area (TPSA) is 42.2 Å². The van der Waals surface area contributed by atoms with Crippen molar-refractivity contribution in [3.05, 3.63) is 28.6 Å². The maximum Gasteiger partial charge on any atom is 0.160 e. The summed E-state index contributed by atoms with van der Waals surface area (Å²) in [5.41, 5.74) is 0.905. The Balaban J connectivity index is 2.07. The average Bonchev–Trinajstić information content (AvgIpc) is 2.72. The predicted molar refractivity (Wildman–Crippen MR) is 69.8 cm³/mol. The van der Waals surface area contributed by atoms with E-state index in [9.17, 15) is 0 Å². The van der Waals surface area contributed by atoms with Crippen LogP contribution in [-0.2, 0) is 0 Å². The van der Waals surface area contributed by atoms with Crippen molar-refractivity contribution in [3.63, 3.8) is 0 Å². The molecule has 0 amide bonds. The minimum absolute atomic E-state index is 0.313. The lowest BCUT2D eigenvalue weighted by Gasteiger charge is -2.28. The van der Waals surface area contributed by atoms with Gasteiger partial charge in [-0.25, -0.2) is 0 Å². The van der Waals surface area contributed by atoms with Gasteiger partial charge >= 0.3 is 0 Å². The molecule has 2 aromatic heterocycles. The van der Waals surface area contributed by atoms with Gasteiger partial charge in [0.15, 0.2) is 11.5 Å². The first-order chi connectivity index (χ1) is 8.25. The monoisotopic (exact) mass is 294 g/mol. The van der Waals surface area contributed by atoms with Crippen molar-refractivity contribution < 1.29 is 0 Å². The van der Waals surface area contributed by atoms with Crippen LogP contribution in [0.5, 0.6) is 0 Å². The van der Waals surface area contributed by atoms with E-state index in [-0.39, 0.29) is 0 Å². The first kappa shape index (κ1) is 11.2. The molecule has 1 fully saturated rings. The van der Waals surface area contributed by atoms with Gasteiger partial charge in [0.1, 0.15) is 0 Å². The van der Waals surface area contributed by atoms with Gasteiger partial charge in [-0.15, -0.1) is 10.2 Å². The van der Waals surface area contributed by atoms with Crippen LogP contribution in [0, 0.1) is 5.92 Å². The Morgan fingerprint density at radius 3 is 3.12 bits per heavy atom. The summed E-state index contributed by atoms with van der Waals surface area (Å²) in [6, 6.07) is 4.28. The van der Waals surface area contributed by atoms with Gasteiger partial charge in [0, 0.05) is 10.7 Å². The van der Waals surface area contributed by atoms with E-state index in [2.05, 4.69) is 42.8 Å². The van der Waals surface area contributed by atoms with E-state index < -0.39 is 0 Å². The molecule has 2 atom stereocenters. The van der Waals surface area contributed by atoms with Crippen molar-refractivity contribution in [2.75, 3.05) is 6.54 Å². The summed E-state index contributed by atoms with van der Waals surface area (Å²) in [4.78, 5) is 0. The normalized spacial score (nSPS) is 25.3. The molecule has 0 aliphatic carbocycles. The van der Waals surface area contributed by atoms with Gasteiger partial charge in [0.05, 0.1) is 6.04 Å². The zero-order valence-corrected chi connectivity index (χ0v) is 11.3. The van der Waals surface area contributed by atoms with Crippen molar-refractivity contribution in [3.8, 4) is 0 Å². The zero-order chi connectivity index (χ0) is 11.8. The Morgan fingerprint density at radius 1 is 1.41 bits per heavy atom. The number of hydrogen-bond acceptors (Lipinski definition) is 3. The molecule has 1 aliphatic rings. The van der Waals surface area contributed by atoms with E-state index in [0.717, 1.165) is 22.5 Å². The molecule has 2 aromatic rings. The number of fused-ring (bicyclic) bond motifs is 1. The second-order valence-corrected chi connectivity index (χ2v) is 5.60. The summed E-state index contributed by atoms with van der Waals surface area (Å²) in [5, 5.41) is 12.1. The number of pyridine rings is 1. The van der Waals surface area contributed by atoms with Crippen LogP contribution in [0.25, 0.3) is 5.65 Å². The van der Waals surface area contributed by atoms with Crippen LogP contribution in [0.2, 0.25) is 0 Å². The van der Waals surface area contributed by atoms with Gasteiger partial charge in [-0.1, -0.05) is 6.92 Å². The maximum atomic E-state index is 4.34. The molecule has 3 rings (SSSR count). The van der Waals surface area contributed by atoms with Crippen LogP contribution in [0.4, 0.5) is 0 Å². The van der Waals surface area contributed by atoms with Crippen LogP contribution in [-0.4, -0.2) is 21.1 Å². The Labute approximate surface area is 109 Å². The van der Waals surface area contributed by atoms with E-state index in [1.54, 1.807) is 0 Å². The van der Waals surface area contributed by atoms with E-state index in [1.807, 2.05) is 18.3 Å². The Kier molecular flexibility index (Phi) is 2.88. The molecule has 1 N–H and O–H groups in total. The van der Waals surface area contributed by atoms with Crippen molar-refractivity contribution in [1.82, 2.24) is 19.9 Å². The zero-order valence-electron chi connectivity index (χ0n) is 9.73. The molecule has 17 heavy (non-hydrogen) atoms. The highest BCUT2D eigenvalue weighted by molar-refractivity contribution is 9.10. The molecule has 1 aliphatic heterocycles. The number of halogens is 1. The number of hydrogen-bond donors (Lipinski definition) is 1. The lowest BCUT2D eigenvalue weighted by atomic mass is 9.92. The number of piperidine rings is 1. The van der Waals surface area contributed by atoms with E-state index in [4.69, 9.17) is 0 Å². The molecule has 0 saturated carbocycles. The Hall–Kier alpha value is -0.940. The first-order valence-corrected chi connectivity index (χ1v) is 6.78. The highest BCUT2D eigenvalue weighted by atomic mass is 79.9. The molecule has 0 aromatic carbocycles. The summed E-state index contributed by atoms with van der Waals surface area (Å²) >= 11 is 3.49. The molecule has 1 saturated heterocycles. The van der Waals surface area contributed by atoms with Crippen molar-refractivity contribution in [2.45, 2.75) is 25.8 Å². The second kappa shape index (κ2) is 4.38. The predicted octanol–water partition coefficient (Wildman–Crippen LogP) is 2.55. The van der Waals surface area contributed by atoms with E-state index in [0.29, 0.717) is 12.0 Å². The van der Waals surface area contributed by atoms with E-state index >= 15 is 0 Å². The first-order valence-electron chi connectivity index (χ1n) is 5.99. The average molecular weight is 295 g/mol. The fourth-order valence-corrected chi connectivity index (χ4v) is 2.83. The summed E-state index contributed by atoms with van der Waals surface area (Å²) < 4.78 is 3.12. The van der Waals surface area contributed by atoms with Gasteiger partial charge in [0.2, 0.25) is 0 Å². The molecular formula is C12H15BrN4. The van der Waals surface area contributed by atoms with Crippen molar-refractivity contribution >= 4 is 21.6 Å². The molecule has 5 heteroatoms. The quantitative estimate of drug-likeness (QED) is 0.879. The minimum Gasteiger partial charge on any atom is -0.307 e. The number of rotatable bonds is 1. The standard InChI is InChI=1S/C12H15BrN4/c1-8-3-2-6-14-11(8)12-16-15-10-5-4-9(13)7-17(10)12/h4-5,7-8,11,14H,2-3,6H2,1H3. The second-order valence-electron chi connectivity index (χ2n) is 4.69. The molecule has 0 bridgehead atoms. The van der Waals surface area contributed by atoms with Gasteiger partial charge in [-0.05, 0) is 53.4 Å². The highest BCUT2D eigenvalue weighted by Gasteiger charge is 2.26. The lowest BCUT2D eigenvalue weighted by molar-refractivity contribution is 0.293. The van der Waals surface area contributed by atoms with Crippen LogP contribution >= 0.6 is 15.9 Å². The fraction of sp³-hybridized carbons (Fsp3) is 0.500. The lowest BCUT2D eigenvalue weighted by Crippen LogP contribution is -2.34. The summed E-state index contributed by atoms with van der Waals surface area (Å²) in [5.74, 6) is 1.63. The highest BCUT2D eigenvalue weighted by Crippen LogP contribution is 2.28. The summed E-state index contributed by atoms with van der Waals surface area (Å²) in [6.45, 7) is 3.34. The molecule has 90 valence electrons. The third-order valence-corrected chi connectivity index (χ3v) is 3.91. The molecule has 0 spiro atoms. The van der Waals surface area contributed by atoms with Crippen LogP contribution < -0.4 is 5.32 Å². The van der Waals surface area contributed by atoms with Crippen molar-refractivity contribution in [1.29, 1.82) is 0 Å². The van der Waals surface area contributed by atoms with Gasteiger partial charge in [0.25, 0.3) is 0 Å². The van der Waals surface area contributed by atoms with Crippen LogP contribution in [0.1, 0.15) is 31.6 Å². The molecule has 3 heterocycles. The summed E-state index contributed by atoms with van der Waals surface area (Å²) in [6.07, 6.45) is 4.53. The molecular weight excluding hydrogens is 280 g/mol. The Morgan fingerprint density at radius 2 is 2.29 bits per heavy atom. The number of aromatic nitrogens is 3. The van der Waals surface area contributed by atoms with Gasteiger partial charge in [-0.3, -0.25) is 4.40 Å². The molecule has 2 unspecified atom stereocenters. The SMILES string of the molecule is CC1CCCNC1c1nnc2ccc(Br)cn12. The van der Waals surface area contributed by atoms with Crippen LogP contribution in [0.15, 0.2) is 22.8 Å². The largest absolute Gasteiger partial charge is 0.307 e. The Bertz CT molecular complexity index is 536. The van der Waals surface area contributed by atoms with Crippen LogP contribution in [0.3, 0.4) is 0 Å². The maximum absolute atomic E-state index is 4.34. The van der Waals surface area contributed by atoms with Gasteiger partial charge in [-0.2, -0.15) is 0 Å². The smallest absolute Gasteiger partial charge is 0.160 e. The fourth-order valence-electron chi connectivity index (χ4n) is 2.49. The van der Waals surface area contributed by atoms with Gasteiger partial charge < -0.3 is 5.32 Å². The van der Waals surface area contributed by atoms with E-state index in [1.165, 1.54) is 12.8 Å². The number of nitrogens with zero attached hydrogens (tertiary/aromatic N) is 3. The third kappa shape index (κ3) is 1.98. The molecule has 4 nitrogen and oxygen atoms in total.